The number of anilines is 1. The van der Waals surface area contributed by atoms with Crippen LogP contribution in [0.2, 0.25) is 5.02 Å². The molecule has 2 aromatic carbocycles. The zero-order valence-corrected chi connectivity index (χ0v) is 23.6. The first-order valence-corrected chi connectivity index (χ1v) is 14.4. The van der Waals surface area contributed by atoms with Gasteiger partial charge in [-0.1, -0.05) is 49.7 Å². The molecule has 0 bridgehead atoms. The summed E-state index contributed by atoms with van der Waals surface area (Å²) in [6.45, 7) is 10.5. The van der Waals surface area contributed by atoms with Gasteiger partial charge in [0.1, 0.15) is 6.04 Å². The highest BCUT2D eigenvalue weighted by Crippen LogP contribution is 2.25. The van der Waals surface area contributed by atoms with Crippen LogP contribution in [0.15, 0.2) is 42.5 Å². The molecule has 0 aliphatic heterocycles. The average Bonchev–Trinajstić information content (AvgIpc) is 2.80. The average molecular weight is 536 g/mol. The van der Waals surface area contributed by atoms with Gasteiger partial charge in [-0.15, -0.1) is 0 Å². The maximum Gasteiger partial charge on any atom is 0.242 e. The third kappa shape index (κ3) is 8.52. The van der Waals surface area contributed by atoms with Gasteiger partial charge < -0.3 is 10.2 Å². The normalized spacial score (nSPS) is 12.3. The standard InChI is InChI=1S/C27H38ClN3O4S/c1-19(2)17-29-27(33)22(5)30(18-23-12-14-24(28)15-13-23)26(32)11-8-16-31(36(6,34)35)25-10-7-9-20(3)21(25)4/h7,9-10,12-15,19,22H,8,11,16-18H2,1-6H3,(H,29,33)/t22-/m1/s1. The molecule has 9 heteroatoms. The second-order valence-electron chi connectivity index (χ2n) is 9.62. The van der Waals surface area contributed by atoms with E-state index in [1.165, 1.54) is 10.6 Å². The number of sulfonamides is 1. The molecule has 0 aromatic heterocycles. The number of aryl methyl sites for hydroxylation is 1. The maximum atomic E-state index is 13.3. The fourth-order valence-electron chi connectivity index (χ4n) is 3.81. The second-order valence-corrected chi connectivity index (χ2v) is 12.0. The van der Waals surface area contributed by atoms with Crippen LogP contribution in [-0.2, 0) is 26.2 Å². The van der Waals surface area contributed by atoms with E-state index in [-0.39, 0.29) is 37.2 Å². The Balaban J connectivity index is 2.19. The van der Waals surface area contributed by atoms with E-state index in [1.807, 2.05) is 52.0 Å². The van der Waals surface area contributed by atoms with Crippen LogP contribution in [0.25, 0.3) is 0 Å². The van der Waals surface area contributed by atoms with Crippen molar-refractivity contribution in [2.24, 2.45) is 5.92 Å². The number of amides is 2. The van der Waals surface area contributed by atoms with Crippen LogP contribution in [0.5, 0.6) is 0 Å². The van der Waals surface area contributed by atoms with Crippen LogP contribution in [0.1, 0.15) is 50.3 Å². The molecule has 0 heterocycles. The molecule has 2 amide bonds. The van der Waals surface area contributed by atoms with Crippen LogP contribution >= 0.6 is 11.6 Å². The predicted molar refractivity (Wildman–Crippen MR) is 147 cm³/mol. The van der Waals surface area contributed by atoms with Gasteiger partial charge in [0.2, 0.25) is 21.8 Å². The van der Waals surface area contributed by atoms with Crippen molar-refractivity contribution >= 4 is 39.1 Å². The van der Waals surface area contributed by atoms with Gasteiger partial charge in [-0.05, 0) is 68.0 Å². The monoisotopic (exact) mass is 535 g/mol. The Morgan fingerprint density at radius 1 is 1.03 bits per heavy atom. The zero-order chi connectivity index (χ0) is 27.0. The zero-order valence-electron chi connectivity index (χ0n) is 22.0. The molecule has 36 heavy (non-hydrogen) atoms. The van der Waals surface area contributed by atoms with Gasteiger partial charge in [0, 0.05) is 31.1 Å². The highest BCUT2D eigenvalue weighted by Gasteiger charge is 2.27. The van der Waals surface area contributed by atoms with Crippen molar-refractivity contribution in [2.75, 3.05) is 23.7 Å². The Bertz CT molecular complexity index is 1150. The van der Waals surface area contributed by atoms with Crippen molar-refractivity contribution in [2.45, 2.75) is 60.0 Å². The van der Waals surface area contributed by atoms with E-state index in [9.17, 15) is 18.0 Å². The Hall–Kier alpha value is -2.58. The van der Waals surface area contributed by atoms with Gasteiger partial charge in [-0.2, -0.15) is 0 Å². The largest absolute Gasteiger partial charge is 0.354 e. The van der Waals surface area contributed by atoms with Gasteiger partial charge in [0.25, 0.3) is 0 Å². The highest BCUT2D eigenvalue weighted by atomic mass is 35.5. The molecule has 7 nitrogen and oxygen atoms in total. The summed E-state index contributed by atoms with van der Waals surface area (Å²) in [6.07, 6.45) is 1.59. The van der Waals surface area contributed by atoms with Gasteiger partial charge in [-0.25, -0.2) is 8.42 Å². The number of hydrogen-bond acceptors (Lipinski definition) is 4. The molecule has 198 valence electrons. The number of rotatable bonds is 12. The van der Waals surface area contributed by atoms with Crippen LogP contribution in [-0.4, -0.2) is 50.5 Å². The van der Waals surface area contributed by atoms with E-state index in [0.29, 0.717) is 23.7 Å². The lowest BCUT2D eigenvalue weighted by atomic mass is 10.1. The van der Waals surface area contributed by atoms with Crippen LogP contribution < -0.4 is 9.62 Å². The minimum Gasteiger partial charge on any atom is -0.354 e. The van der Waals surface area contributed by atoms with E-state index in [1.54, 1.807) is 30.0 Å². The van der Waals surface area contributed by atoms with E-state index in [0.717, 1.165) is 16.7 Å². The van der Waals surface area contributed by atoms with E-state index < -0.39 is 16.1 Å². The number of nitrogens with zero attached hydrogens (tertiary/aromatic N) is 2. The number of carbonyl (C=O) groups is 2. The summed E-state index contributed by atoms with van der Waals surface area (Å²) in [5.74, 6) is -0.153. The molecule has 0 saturated carbocycles. The molecule has 0 unspecified atom stereocenters. The summed E-state index contributed by atoms with van der Waals surface area (Å²) in [7, 11) is -3.54. The lowest BCUT2D eigenvalue weighted by molar-refractivity contribution is -0.140. The first-order chi connectivity index (χ1) is 16.8. The van der Waals surface area contributed by atoms with E-state index in [4.69, 9.17) is 11.6 Å². The van der Waals surface area contributed by atoms with Crippen molar-refractivity contribution in [1.82, 2.24) is 10.2 Å². The molecule has 0 spiro atoms. The predicted octanol–water partition coefficient (Wildman–Crippen LogP) is 4.69. The fraction of sp³-hybridized carbons (Fsp3) is 0.481. The van der Waals surface area contributed by atoms with Crippen LogP contribution in [0.4, 0.5) is 5.69 Å². The van der Waals surface area contributed by atoms with Gasteiger partial charge in [0.05, 0.1) is 11.9 Å². The molecule has 0 radical (unpaired) electrons. The molecule has 0 fully saturated rings. The summed E-state index contributed by atoms with van der Waals surface area (Å²) >= 11 is 6.00. The summed E-state index contributed by atoms with van der Waals surface area (Å²) in [4.78, 5) is 27.7. The first-order valence-electron chi connectivity index (χ1n) is 12.2. The molecular weight excluding hydrogens is 498 g/mol. The van der Waals surface area contributed by atoms with Crippen molar-refractivity contribution in [3.63, 3.8) is 0 Å². The topological polar surface area (TPSA) is 86.8 Å². The third-order valence-electron chi connectivity index (χ3n) is 6.11. The number of nitrogens with one attached hydrogen (secondary N) is 1. The number of hydrogen-bond donors (Lipinski definition) is 1. The minimum absolute atomic E-state index is 0.103. The lowest BCUT2D eigenvalue weighted by Gasteiger charge is -2.30. The molecule has 0 aliphatic rings. The Labute approximate surface area is 220 Å². The Morgan fingerprint density at radius 3 is 2.25 bits per heavy atom. The fourth-order valence-corrected chi connectivity index (χ4v) is 4.95. The number of carbonyl (C=O) groups excluding carboxylic acids is 2. The second kappa shape index (κ2) is 13.1. The molecule has 2 aromatic rings. The summed E-state index contributed by atoms with van der Waals surface area (Å²) < 4.78 is 26.5. The number of benzene rings is 2. The summed E-state index contributed by atoms with van der Waals surface area (Å²) in [6, 6.07) is 12.0. The van der Waals surface area contributed by atoms with Crippen molar-refractivity contribution in [3.05, 3.63) is 64.2 Å². The van der Waals surface area contributed by atoms with Crippen molar-refractivity contribution < 1.29 is 18.0 Å². The Kier molecular flexibility index (Phi) is 10.8. The van der Waals surface area contributed by atoms with Crippen molar-refractivity contribution in [3.8, 4) is 0 Å². The smallest absolute Gasteiger partial charge is 0.242 e. The molecule has 1 N–H and O–H groups in total. The van der Waals surface area contributed by atoms with Crippen LogP contribution in [0, 0.1) is 19.8 Å². The van der Waals surface area contributed by atoms with Gasteiger partial charge in [0.15, 0.2) is 0 Å². The number of halogens is 1. The molecule has 2 rings (SSSR count). The SMILES string of the molecule is Cc1cccc(N(CCCC(=O)N(Cc2ccc(Cl)cc2)[C@H](C)C(=O)NCC(C)C)S(C)(=O)=O)c1C. The van der Waals surface area contributed by atoms with E-state index >= 15 is 0 Å². The van der Waals surface area contributed by atoms with Gasteiger partial charge >= 0.3 is 0 Å². The van der Waals surface area contributed by atoms with Crippen molar-refractivity contribution in [1.29, 1.82) is 0 Å². The molecule has 0 saturated heterocycles. The summed E-state index contributed by atoms with van der Waals surface area (Å²) in [5.41, 5.74) is 3.34. The lowest BCUT2D eigenvalue weighted by Crippen LogP contribution is -2.48. The first kappa shape index (κ1) is 29.6. The Morgan fingerprint density at radius 2 is 1.67 bits per heavy atom. The summed E-state index contributed by atoms with van der Waals surface area (Å²) in [5, 5.41) is 3.49. The highest BCUT2D eigenvalue weighted by molar-refractivity contribution is 7.92. The van der Waals surface area contributed by atoms with Crippen LogP contribution in [0.3, 0.4) is 0 Å². The molecule has 1 atom stereocenters. The van der Waals surface area contributed by atoms with Gasteiger partial charge in [-0.3, -0.25) is 13.9 Å². The maximum absolute atomic E-state index is 13.3. The molecular formula is C27H38ClN3O4S. The van der Waals surface area contributed by atoms with E-state index in [2.05, 4.69) is 5.32 Å². The third-order valence-corrected chi connectivity index (χ3v) is 7.55. The minimum atomic E-state index is -3.54. The quantitative estimate of drug-likeness (QED) is 0.427. The molecule has 0 aliphatic carbocycles.